The van der Waals surface area contributed by atoms with Gasteiger partial charge in [-0.05, 0) is 30.5 Å². The Kier molecular flexibility index (Phi) is 2.47. The molecule has 1 saturated carbocycles. The van der Waals surface area contributed by atoms with Crippen molar-refractivity contribution in [1.29, 1.82) is 0 Å². The van der Waals surface area contributed by atoms with Crippen molar-refractivity contribution in [2.45, 2.75) is 25.4 Å². The van der Waals surface area contributed by atoms with E-state index in [1.54, 1.807) is 27.6 Å². The van der Waals surface area contributed by atoms with Gasteiger partial charge in [0.05, 0.1) is 12.2 Å². The van der Waals surface area contributed by atoms with E-state index < -0.39 is 5.82 Å². The molecule has 0 unspecified atom stereocenters. The largest absolute Gasteiger partial charge is 0.396 e. The number of nitrogens with zero attached hydrogens (tertiary/aromatic N) is 2. The van der Waals surface area contributed by atoms with Crippen LogP contribution in [0.2, 0.25) is 0 Å². The molecule has 1 aliphatic carbocycles. The minimum absolute atomic E-state index is 0.0327. The third kappa shape index (κ3) is 1.92. The normalized spacial score (nSPS) is 14.9. The summed E-state index contributed by atoms with van der Waals surface area (Å²) >= 11 is 0. The van der Waals surface area contributed by atoms with Crippen molar-refractivity contribution >= 4 is 5.69 Å². The van der Waals surface area contributed by atoms with Crippen LogP contribution in [0.5, 0.6) is 0 Å². The van der Waals surface area contributed by atoms with E-state index in [1.165, 1.54) is 12.1 Å². The van der Waals surface area contributed by atoms with Gasteiger partial charge in [0.1, 0.15) is 5.82 Å². The fourth-order valence-electron chi connectivity index (χ4n) is 2.04. The molecule has 5 heteroatoms. The second-order valence-corrected chi connectivity index (χ2v) is 4.70. The average molecular weight is 247 g/mol. The van der Waals surface area contributed by atoms with Crippen molar-refractivity contribution in [3.05, 3.63) is 52.5 Å². The Morgan fingerprint density at radius 1 is 1.33 bits per heavy atom. The minimum atomic E-state index is -0.442. The van der Waals surface area contributed by atoms with Gasteiger partial charge in [-0.3, -0.25) is 9.13 Å². The number of imidazole rings is 1. The van der Waals surface area contributed by atoms with E-state index >= 15 is 0 Å². The second kappa shape index (κ2) is 4.01. The molecule has 0 saturated heterocycles. The van der Waals surface area contributed by atoms with Gasteiger partial charge in [-0.2, -0.15) is 0 Å². The zero-order valence-electron chi connectivity index (χ0n) is 9.84. The molecule has 0 amide bonds. The Morgan fingerprint density at radius 3 is 2.78 bits per heavy atom. The van der Waals surface area contributed by atoms with Gasteiger partial charge < -0.3 is 5.73 Å². The van der Waals surface area contributed by atoms with Gasteiger partial charge in [-0.1, -0.05) is 6.07 Å². The third-order valence-electron chi connectivity index (χ3n) is 3.23. The molecular formula is C13H14FN3O. The monoisotopic (exact) mass is 247 g/mol. The first-order valence-electron chi connectivity index (χ1n) is 5.96. The summed E-state index contributed by atoms with van der Waals surface area (Å²) in [5.41, 5.74) is 6.24. The van der Waals surface area contributed by atoms with Gasteiger partial charge in [0.15, 0.2) is 0 Å². The van der Waals surface area contributed by atoms with Gasteiger partial charge in [0.25, 0.3) is 0 Å². The highest BCUT2D eigenvalue weighted by Gasteiger charge is 2.25. The van der Waals surface area contributed by atoms with Crippen molar-refractivity contribution in [3.63, 3.8) is 0 Å². The van der Waals surface area contributed by atoms with Gasteiger partial charge in [-0.15, -0.1) is 0 Å². The van der Waals surface area contributed by atoms with Crippen LogP contribution in [0.1, 0.15) is 24.4 Å². The van der Waals surface area contributed by atoms with E-state index in [-0.39, 0.29) is 11.4 Å². The van der Waals surface area contributed by atoms with E-state index in [1.807, 2.05) is 0 Å². The quantitative estimate of drug-likeness (QED) is 0.840. The third-order valence-corrected chi connectivity index (χ3v) is 3.23. The van der Waals surface area contributed by atoms with Gasteiger partial charge in [0.2, 0.25) is 0 Å². The predicted molar refractivity (Wildman–Crippen MR) is 66.9 cm³/mol. The molecule has 2 aromatic rings. The summed E-state index contributed by atoms with van der Waals surface area (Å²) in [4.78, 5) is 12.0. The van der Waals surface area contributed by atoms with Crippen molar-refractivity contribution in [2.24, 2.45) is 0 Å². The lowest BCUT2D eigenvalue weighted by Gasteiger charge is -2.04. The molecule has 4 nitrogen and oxygen atoms in total. The second-order valence-electron chi connectivity index (χ2n) is 4.70. The van der Waals surface area contributed by atoms with Crippen LogP contribution in [0.4, 0.5) is 10.1 Å². The summed E-state index contributed by atoms with van der Waals surface area (Å²) in [6.45, 7) is 0.371. The van der Waals surface area contributed by atoms with Crippen LogP contribution in [0.3, 0.4) is 0 Å². The van der Waals surface area contributed by atoms with Crippen molar-refractivity contribution < 1.29 is 4.39 Å². The van der Waals surface area contributed by atoms with Crippen LogP contribution in [0.25, 0.3) is 0 Å². The average Bonchev–Trinajstić information content (AvgIpc) is 3.12. The lowest BCUT2D eigenvalue weighted by atomic mass is 10.2. The SMILES string of the molecule is Nc1ccc(Cn2ccn(C3CC3)c2=O)cc1F. The molecule has 0 spiro atoms. The number of anilines is 1. The van der Waals surface area contributed by atoms with Crippen LogP contribution in [-0.4, -0.2) is 9.13 Å². The molecular weight excluding hydrogens is 233 g/mol. The first-order valence-corrected chi connectivity index (χ1v) is 5.96. The number of rotatable bonds is 3. The maximum absolute atomic E-state index is 13.3. The Bertz CT molecular complexity index is 640. The van der Waals surface area contributed by atoms with Crippen LogP contribution >= 0.6 is 0 Å². The highest BCUT2D eigenvalue weighted by Crippen LogP contribution is 2.33. The van der Waals surface area contributed by atoms with Gasteiger partial charge >= 0.3 is 5.69 Å². The Hall–Kier alpha value is -2.04. The summed E-state index contributed by atoms with van der Waals surface area (Å²) < 4.78 is 16.6. The smallest absolute Gasteiger partial charge is 0.328 e. The highest BCUT2D eigenvalue weighted by molar-refractivity contribution is 5.41. The van der Waals surface area contributed by atoms with E-state index in [0.717, 1.165) is 18.4 Å². The number of nitrogens with two attached hydrogens (primary N) is 1. The van der Waals surface area contributed by atoms with E-state index in [2.05, 4.69) is 0 Å². The van der Waals surface area contributed by atoms with Crippen molar-refractivity contribution in [1.82, 2.24) is 9.13 Å². The molecule has 0 bridgehead atoms. The molecule has 3 rings (SSSR count). The molecule has 1 fully saturated rings. The fraction of sp³-hybridized carbons (Fsp3) is 0.308. The van der Waals surface area contributed by atoms with Gasteiger partial charge in [-0.25, -0.2) is 9.18 Å². The number of hydrogen-bond donors (Lipinski definition) is 1. The minimum Gasteiger partial charge on any atom is -0.396 e. The van der Waals surface area contributed by atoms with Crippen LogP contribution in [0, 0.1) is 5.82 Å². The summed E-state index contributed by atoms with van der Waals surface area (Å²) in [5, 5.41) is 0. The van der Waals surface area contributed by atoms with E-state index in [9.17, 15) is 9.18 Å². The molecule has 1 heterocycles. The van der Waals surface area contributed by atoms with Crippen molar-refractivity contribution in [3.8, 4) is 0 Å². The maximum Gasteiger partial charge on any atom is 0.328 e. The summed E-state index contributed by atoms with van der Waals surface area (Å²) in [5.74, 6) is -0.442. The molecule has 0 aliphatic heterocycles. The summed E-state index contributed by atoms with van der Waals surface area (Å²) in [7, 11) is 0. The number of nitrogen functional groups attached to an aromatic ring is 1. The highest BCUT2D eigenvalue weighted by atomic mass is 19.1. The lowest BCUT2D eigenvalue weighted by Crippen LogP contribution is -2.23. The Morgan fingerprint density at radius 2 is 2.11 bits per heavy atom. The number of halogens is 1. The molecule has 18 heavy (non-hydrogen) atoms. The van der Waals surface area contributed by atoms with E-state index in [0.29, 0.717) is 12.6 Å². The molecule has 1 aliphatic rings. The zero-order chi connectivity index (χ0) is 12.7. The maximum atomic E-state index is 13.3. The first-order chi connectivity index (χ1) is 8.65. The van der Waals surface area contributed by atoms with Gasteiger partial charge in [0, 0.05) is 18.4 Å². The van der Waals surface area contributed by atoms with Crippen LogP contribution in [0.15, 0.2) is 35.4 Å². The number of hydrogen-bond acceptors (Lipinski definition) is 2. The predicted octanol–water partition coefficient (Wildman–Crippen LogP) is 1.75. The number of benzene rings is 1. The standard InChI is InChI=1S/C13H14FN3O/c14-11-7-9(1-4-12(11)15)8-16-5-6-17(13(16)18)10-2-3-10/h1,4-7,10H,2-3,8,15H2. The molecule has 0 radical (unpaired) electrons. The van der Waals surface area contributed by atoms with Crippen molar-refractivity contribution in [2.75, 3.05) is 5.73 Å². The Balaban J connectivity index is 1.87. The zero-order valence-corrected chi connectivity index (χ0v) is 9.84. The lowest BCUT2D eigenvalue weighted by molar-refractivity contribution is 0.624. The van der Waals surface area contributed by atoms with E-state index in [4.69, 9.17) is 5.73 Å². The molecule has 1 aromatic heterocycles. The molecule has 0 atom stereocenters. The Labute approximate surface area is 103 Å². The molecule has 1 aromatic carbocycles. The summed E-state index contributed by atoms with van der Waals surface area (Å²) in [6, 6.07) is 4.99. The molecule has 94 valence electrons. The van der Waals surface area contributed by atoms with Crippen LogP contribution in [-0.2, 0) is 6.54 Å². The number of aromatic nitrogens is 2. The first kappa shape index (κ1) is 11.1. The topological polar surface area (TPSA) is 52.9 Å². The fourth-order valence-corrected chi connectivity index (χ4v) is 2.04. The summed E-state index contributed by atoms with van der Waals surface area (Å²) in [6.07, 6.45) is 5.68. The van der Waals surface area contributed by atoms with Crippen LogP contribution < -0.4 is 11.4 Å². The molecule has 2 N–H and O–H groups in total.